The van der Waals surface area contributed by atoms with Gasteiger partial charge in [0.2, 0.25) is 0 Å². The zero-order chi connectivity index (χ0) is 18.5. The molecule has 138 valence electrons. The van der Waals surface area contributed by atoms with Crippen molar-refractivity contribution in [3.63, 3.8) is 0 Å². The molecule has 0 bridgehead atoms. The number of nitrogens with zero attached hydrogens (tertiary/aromatic N) is 2. The van der Waals surface area contributed by atoms with Gasteiger partial charge in [-0.05, 0) is 38.9 Å². The third kappa shape index (κ3) is 3.40. The summed E-state index contributed by atoms with van der Waals surface area (Å²) in [4.78, 5) is 19.0. The van der Waals surface area contributed by atoms with Gasteiger partial charge in [-0.15, -0.1) is 13.2 Å². The zero-order valence-electron chi connectivity index (χ0n) is 14.6. The minimum Gasteiger partial charge on any atom is -0.388 e. The smallest absolute Gasteiger partial charge is 0.260 e. The van der Waals surface area contributed by atoms with Gasteiger partial charge in [-0.2, -0.15) is 0 Å². The molecule has 3 rings (SSSR count). The van der Waals surface area contributed by atoms with Crippen LogP contribution in [0.2, 0.25) is 0 Å². The fourth-order valence-electron chi connectivity index (χ4n) is 3.16. The van der Waals surface area contributed by atoms with Crippen molar-refractivity contribution in [2.24, 2.45) is 0 Å². The minimum atomic E-state index is -1.27. The van der Waals surface area contributed by atoms with E-state index in [2.05, 4.69) is 29.6 Å². The summed E-state index contributed by atoms with van der Waals surface area (Å²) in [6.45, 7) is 4.62. The van der Waals surface area contributed by atoms with Crippen LogP contribution in [-0.4, -0.2) is 68.9 Å². The topological polar surface area (TPSA) is 126 Å². The molecule has 1 fully saturated rings. The molecule has 1 aliphatic heterocycles. The normalized spacial score (nSPS) is 27.2. The van der Waals surface area contributed by atoms with E-state index in [9.17, 15) is 15.0 Å². The lowest BCUT2D eigenvalue weighted by Crippen LogP contribution is -2.32. The summed E-state index contributed by atoms with van der Waals surface area (Å²) in [6, 6.07) is 1.50. The molecule has 0 radical (unpaired) electrons. The second kappa shape index (κ2) is 6.29. The number of nitrogens with two attached hydrogens (primary N) is 1. The summed E-state index contributed by atoms with van der Waals surface area (Å²) in [5.41, 5.74) is 6.07. The van der Waals surface area contributed by atoms with E-state index in [1.54, 1.807) is 6.92 Å². The molecule has 2 aromatic rings. The van der Waals surface area contributed by atoms with E-state index in [0.29, 0.717) is 23.3 Å². The molecule has 0 saturated carbocycles. The van der Waals surface area contributed by atoms with E-state index >= 15 is 0 Å². The number of nitrogen functional groups attached to an aromatic ring is 1. The Morgan fingerprint density at radius 2 is 2.12 bits per heavy atom. The highest BCUT2D eigenvalue weighted by Crippen LogP contribution is 2.40. The van der Waals surface area contributed by atoms with Crippen LogP contribution in [0.15, 0.2) is 10.9 Å². The quantitative estimate of drug-likeness (QED) is 0.576. The summed E-state index contributed by atoms with van der Waals surface area (Å²) in [5.74, 6) is 0.686. The summed E-state index contributed by atoms with van der Waals surface area (Å²) in [7, 11) is 0. The van der Waals surface area contributed by atoms with Crippen molar-refractivity contribution in [3.8, 4) is 0 Å². The standard InChI is InChI=1S/C16H25N4O4P/c1-8-18-14-9(15(23)19-8)7-11(17)20(14)16-13(22)12(21)10(24-16)5-6-25(2,3)4/h7,10,12-13,16,21-22H,2,5-6,17H2,1,3-4H3,(H,18,19,23)/t10-,12-,13-,16?/m1/s1. The Kier molecular flexibility index (Phi) is 4.58. The van der Waals surface area contributed by atoms with E-state index in [1.807, 2.05) is 0 Å². The molecule has 4 atom stereocenters. The lowest BCUT2D eigenvalue weighted by molar-refractivity contribution is -0.0337. The molecule has 8 nitrogen and oxygen atoms in total. The van der Waals surface area contributed by atoms with Crippen molar-refractivity contribution in [3.05, 3.63) is 22.2 Å². The summed E-state index contributed by atoms with van der Waals surface area (Å²) in [6.07, 6.45) is 2.01. The maximum Gasteiger partial charge on any atom is 0.260 e. The monoisotopic (exact) mass is 368 g/mol. The highest BCUT2D eigenvalue weighted by atomic mass is 31.2. The van der Waals surface area contributed by atoms with Crippen LogP contribution in [0.3, 0.4) is 0 Å². The number of hydrogen-bond acceptors (Lipinski definition) is 6. The van der Waals surface area contributed by atoms with Gasteiger partial charge < -0.3 is 25.7 Å². The minimum absolute atomic E-state index is 0.250. The number of anilines is 1. The number of ether oxygens (including phenoxy) is 1. The third-order valence-electron chi connectivity index (χ3n) is 4.46. The van der Waals surface area contributed by atoms with Gasteiger partial charge in [-0.25, -0.2) is 4.98 Å². The largest absolute Gasteiger partial charge is 0.388 e. The van der Waals surface area contributed by atoms with Crippen molar-refractivity contribution in [2.45, 2.75) is 37.9 Å². The number of aryl methyl sites for hydroxylation is 1. The fraction of sp³-hybridized carbons (Fsp3) is 0.562. The number of hydrogen-bond donors (Lipinski definition) is 4. The van der Waals surface area contributed by atoms with Gasteiger partial charge in [0.05, 0.1) is 11.5 Å². The van der Waals surface area contributed by atoms with Crippen LogP contribution in [0.4, 0.5) is 5.82 Å². The van der Waals surface area contributed by atoms with Crippen molar-refractivity contribution < 1.29 is 14.9 Å². The molecule has 1 aliphatic rings. The van der Waals surface area contributed by atoms with Crippen LogP contribution >= 0.6 is 6.89 Å². The Bertz CT molecular complexity index is 899. The highest BCUT2D eigenvalue weighted by molar-refractivity contribution is 7.72. The van der Waals surface area contributed by atoms with Gasteiger partial charge in [0.1, 0.15) is 23.9 Å². The van der Waals surface area contributed by atoms with Crippen molar-refractivity contribution in [1.82, 2.24) is 14.5 Å². The second-order valence-corrected chi connectivity index (χ2v) is 11.6. The Labute approximate surface area is 145 Å². The third-order valence-corrected chi connectivity index (χ3v) is 5.93. The van der Waals surface area contributed by atoms with Crippen LogP contribution in [-0.2, 0) is 4.74 Å². The predicted molar refractivity (Wildman–Crippen MR) is 101 cm³/mol. The first kappa shape index (κ1) is 18.2. The van der Waals surface area contributed by atoms with E-state index in [0.717, 1.165) is 6.16 Å². The van der Waals surface area contributed by atoms with Crippen molar-refractivity contribution in [1.29, 1.82) is 0 Å². The number of aliphatic hydroxyl groups is 2. The first-order valence-corrected chi connectivity index (χ1v) is 11.2. The molecule has 25 heavy (non-hydrogen) atoms. The van der Waals surface area contributed by atoms with Crippen LogP contribution in [0.5, 0.6) is 0 Å². The summed E-state index contributed by atoms with van der Waals surface area (Å²) < 4.78 is 7.40. The number of fused-ring (bicyclic) bond motifs is 1. The number of aromatic amines is 1. The second-order valence-electron chi connectivity index (χ2n) is 7.32. The molecule has 1 unspecified atom stereocenters. The number of aromatic nitrogens is 3. The van der Waals surface area contributed by atoms with Gasteiger partial charge in [0, 0.05) is 0 Å². The summed E-state index contributed by atoms with van der Waals surface area (Å²) >= 11 is 0. The molecular weight excluding hydrogens is 343 g/mol. The molecule has 9 heteroatoms. The van der Waals surface area contributed by atoms with Crippen molar-refractivity contribution >= 4 is 30.0 Å². The molecule has 3 heterocycles. The average molecular weight is 368 g/mol. The molecular formula is C16H25N4O4P. The van der Waals surface area contributed by atoms with Crippen LogP contribution in [0.25, 0.3) is 11.0 Å². The molecule has 0 spiro atoms. The average Bonchev–Trinajstić information content (AvgIpc) is 2.95. The van der Waals surface area contributed by atoms with Gasteiger partial charge >= 0.3 is 0 Å². The molecule has 1 saturated heterocycles. The van der Waals surface area contributed by atoms with Gasteiger partial charge in [-0.3, -0.25) is 9.36 Å². The maximum atomic E-state index is 12.1. The SMILES string of the molecule is C=P(C)(C)CC[C@H]1OC(n2c(N)cc3c(=O)[nH]c(C)nc32)[C@H](O)[C@@H]1O. The van der Waals surface area contributed by atoms with Crippen LogP contribution in [0, 0.1) is 6.92 Å². The molecule has 0 aromatic carbocycles. The molecule has 5 N–H and O–H groups in total. The van der Waals surface area contributed by atoms with E-state index in [-0.39, 0.29) is 11.4 Å². The zero-order valence-corrected chi connectivity index (χ0v) is 15.5. The first-order valence-electron chi connectivity index (χ1n) is 8.15. The summed E-state index contributed by atoms with van der Waals surface area (Å²) in [5, 5.41) is 21.2. The Morgan fingerprint density at radius 1 is 1.44 bits per heavy atom. The number of nitrogens with one attached hydrogen (secondary N) is 1. The number of aliphatic hydroxyl groups excluding tert-OH is 2. The molecule has 0 aliphatic carbocycles. The van der Waals surface area contributed by atoms with Gasteiger partial charge in [-0.1, -0.05) is 0 Å². The Balaban J connectivity index is 1.97. The predicted octanol–water partition coefficient (Wildman–Crippen LogP) is 0.334. The van der Waals surface area contributed by atoms with Gasteiger partial charge in [0.25, 0.3) is 5.56 Å². The van der Waals surface area contributed by atoms with E-state index in [4.69, 9.17) is 10.5 Å². The molecule has 2 aromatic heterocycles. The van der Waals surface area contributed by atoms with Crippen molar-refractivity contribution in [2.75, 3.05) is 25.2 Å². The maximum absolute atomic E-state index is 12.1. The van der Waals surface area contributed by atoms with Gasteiger partial charge in [0.15, 0.2) is 11.9 Å². The van der Waals surface area contributed by atoms with E-state index < -0.39 is 31.4 Å². The Hall–Kier alpha value is -1.60. The first-order chi connectivity index (χ1) is 11.6. The highest BCUT2D eigenvalue weighted by Gasteiger charge is 2.44. The van der Waals surface area contributed by atoms with E-state index in [1.165, 1.54) is 10.6 Å². The fourth-order valence-corrected chi connectivity index (χ4v) is 4.11. The number of rotatable bonds is 4. The lowest BCUT2D eigenvalue weighted by Gasteiger charge is -2.19. The van der Waals surface area contributed by atoms with Crippen LogP contribution in [0.1, 0.15) is 18.5 Å². The number of H-pyrrole nitrogens is 1. The van der Waals surface area contributed by atoms with Crippen LogP contribution < -0.4 is 11.3 Å². The molecule has 0 amide bonds. The Morgan fingerprint density at radius 3 is 2.76 bits per heavy atom. The lowest BCUT2D eigenvalue weighted by atomic mass is 10.1.